The van der Waals surface area contributed by atoms with Gasteiger partial charge in [-0.25, -0.2) is 4.79 Å². The lowest BCUT2D eigenvalue weighted by Gasteiger charge is -2.27. The first-order valence-corrected chi connectivity index (χ1v) is 10.8. The van der Waals surface area contributed by atoms with Crippen LogP contribution in [0.3, 0.4) is 0 Å². The molecular formula is C21H31NO4S. The summed E-state index contributed by atoms with van der Waals surface area (Å²) in [7, 11) is 0. The normalized spacial score (nSPS) is 19.6. The fourth-order valence-electron chi connectivity index (χ4n) is 3.81. The van der Waals surface area contributed by atoms with Gasteiger partial charge in [-0.3, -0.25) is 9.59 Å². The Bertz CT molecular complexity index is 687. The number of hydrogen-bond donors (Lipinski definition) is 1. The number of carbonyl (C=O) groups excluding carboxylic acids is 3. The molecule has 0 spiro atoms. The minimum absolute atomic E-state index is 0.0268. The van der Waals surface area contributed by atoms with Gasteiger partial charge in [-0.15, -0.1) is 11.3 Å². The number of ketones is 1. The summed E-state index contributed by atoms with van der Waals surface area (Å²) in [5, 5.41) is 3.36. The number of anilines is 1. The first kappa shape index (κ1) is 21.6. The molecule has 0 bridgehead atoms. The Morgan fingerprint density at radius 1 is 1.15 bits per heavy atom. The summed E-state index contributed by atoms with van der Waals surface area (Å²) in [5.74, 6) is 0.0571. The van der Waals surface area contributed by atoms with E-state index in [0.29, 0.717) is 21.0 Å². The van der Waals surface area contributed by atoms with Gasteiger partial charge in [-0.2, -0.15) is 0 Å². The number of nitrogens with one attached hydrogen (secondary N) is 1. The van der Waals surface area contributed by atoms with Gasteiger partial charge >= 0.3 is 5.97 Å². The highest BCUT2D eigenvalue weighted by Gasteiger charge is 2.29. The second kappa shape index (κ2) is 10.0. The summed E-state index contributed by atoms with van der Waals surface area (Å²) < 4.78 is 5.13. The second-order valence-corrected chi connectivity index (χ2v) is 8.41. The molecule has 5 nitrogen and oxygen atoms in total. The van der Waals surface area contributed by atoms with E-state index in [-0.39, 0.29) is 24.2 Å². The molecule has 1 aromatic rings. The molecule has 0 aliphatic heterocycles. The zero-order chi connectivity index (χ0) is 20.0. The SMILES string of the molecule is CCCCC1CCC(C(=O)Nc2sc(C(C)=O)c(C)c2C(=O)OCC)CC1. The van der Waals surface area contributed by atoms with Crippen molar-refractivity contribution in [3.05, 3.63) is 16.0 Å². The van der Waals surface area contributed by atoms with Crippen LogP contribution < -0.4 is 5.32 Å². The van der Waals surface area contributed by atoms with Crippen LogP contribution in [0, 0.1) is 18.8 Å². The van der Waals surface area contributed by atoms with Crippen molar-refractivity contribution in [2.45, 2.75) is 72.6 Å². The van der Waals surface area contributed by atoms with E-state index in [1.54, 1.807) is 13.8 Å². The van der Waals surface area contributed by atoms with Crippen LogP contribution in [0.1, 0.15) is 91.3 Å². The largest absolute Gasteiger partial charge is 0.462 e. The Morgan fingerprint density at radius 3 is 2.37 bits per heavy atom. The first-order chi connectivity index (χ1) is 12.9. The molecule has 2 rings (SSSR count). The van der Waals surface area contributed by atoms with E-state index in [0.717, 1.165) is 31.6 Å². The smallest absolute Gasteiger partial charge is 0.341 e. The number of hydrogen-bond acceptors (Lipinski definition) is 5. The van der Waals surface area contributed by atoms with Crippen molar-refractivity contribution in [3.63, 3.8) is 0 Å². The summed E-state index contributed by atoms with van der Waals surface area (Å²) in [6, 6.07) is 0. The highest BCUT2D eigenvalue weighted by molar-refractivity contribution is 7.18. The third kappa shape index (κ3) is 5.41. The molecule has 1 aromatic heterocycles. The number of thiophene rings is 1. The van der Waals surface area contributed by atoms with Crippen molar-refractivity contribution < 1.29 is 19.1 Å². The number of amides is 1. The number of esters is 1. The third-order valence-electron chi connectivity index (χ3n) is 5.37. The van der Waals surface area contributed by atoms with Crippen molar-refractivity contribution in [2.24, 2.45) is 11.8 Å². The van der Waals surface area contributed by atoms with Crippen LogP contribution >= 0.6 is 11.3 Å². The van der Waals surface area contributed by atoms with Gasteiger partial charge in [-0.05, 0) is 57.9 Å². The molecule has 6 heteroatoms. The Kier molecular flexibility index (Phi) is 8.02. The molecule has 0 unspecified atom stereocenters. The fraction of sp³-hybridized carbons (Fsp3) is 0.667. The molecule has 0 radical (unpaired) electrons. The highest BCUT2D eigenvalue weighted by atomic mass is 32.1. The molecule has 0 aromatic carbocycles. The molecule has 1 amide bonds. The number of ether oxygens (including phenoxy) is 1. The third-order valence-corrected chi connectivity index (χ3v) is 6.67. The van der Waals surface area contributed by atoms with E-state index in [4.69, 9.17) is 4.74 Å². The molecule has 1 aliphatic carbocycles. The Labute approximate surface area is 165 Å². The quantitative estimate of drug-likeness (QED) is 0.476. The van der Waals surface area contributed by atoms with Gasteiger partial charge in [0.05, 0.1) is 17.0 Å². The molecule has 1 N–H and O–H groups in total. The molecule has 0 atom stereocenters. The van der Waals surface area contributed by atoms with Gasteiger partial charge < -0.3 is 10.1 Å². The van der Waals surface area contributed by atoms with Crippen LogP contribution in [0.2, 0.25) is 0 Å². The number of carbonyl (C=O) groups is 3. The van der Waals surface area contributed by atoms with Crippen molar-refractivity contribution in [1.29, 1.82) is 0 Å². The summed E-state index contributed by atoms with van der Waals surface area (Å²) >= 11 is 1.17. The van der Waals surface area contributed by atoms with E-state index in [2.05, 4.69) is 12.2 Å². The Morgan fingerprint density at radius 2 is 1.81 bits per heavy atom. The number of Topliss-reactive ketones (excluding diaryl/α,β-unsaturated/α-hetero) is 1. The van der Waals surface area contributed by atoms with Crippen LogP contribution in [0.5, 0.6) is 0 Å². The summed E-state index contributed by atoms with van der Waals surface area (Å²) in [5.41, 5.74) is 0.904. The van der Waals surface area contributed by atoms with Gasteiger partial charge in [0, 0.05) is 5.92 Å². The van der Waals surface area contributed by atoms with Crippen molar-refractivity contribution in [2.75, 3.05) is 11.9 Å². The van der Waals surface area contributed by atoms with Crippen molar-refractivity contribution in [1.82, 2.24) is 0 Å². The molecule has 0 saturated heterocycles. The van der Waals surface area contributed by atoms with Gasteiger partial charge in [0.15, 0.2) is 5.78 Å². The maximum Gasteiger partial charge on any atom is 0.341 e. The van der Waals surface area contributed by atoms with Crippen LogP contribution in [0.15, 0.2) is 0 Å². The number of rotatable bonds is 8. The fourth-order valence-corrected chi connectivity index (χ4v) is 4.90. The maximum absolute atomic E-state index is 12.8. The zero-order valence-electron chi connectivity index (χ0n) is 16.9. The number of unbranched alkanes of at least 4 members (excludes halogenated alkanes) is 1. The van der Waals surface area contributed by atoms with Crippen LogP contribution in [-0.2, 0) is 9.53 Å². The van der Waals surface area contributed by atoms with E-state index in [1.807, 2.05) is 0 Å². The highest BCUT2D eigenvalue weighted by Crippen LogP contribution is 2.36. The standard InChI is InChI=1S/C21H31NO4S/c1-5-7-8-15-9-11-16(12-10-15)19(24)22-20-17(21(25)26-6-2)13(3)18(27-20)14(4)23/h15-16H,5-12H2,1-4H3,(H,22,24). The average molecular weight is 394 g/mol. The predicted molar refractivity (Wildman–Crippen MR) is 109 cm³/mol. The first-order valence-electron chi connectivity index (χ1n) is 10.0. The molecule has 150 valence electrons. The van der Waals surface area contributed by atoms with Crippen LogP contribution in [-0.4, -0.2) is 24.3 Å². The maximum atomic E-state index is 12.8. The summed E-state index contributed by atoms with van der Waals surface area (Å²) in [6.07, 6.45) is 7.68. The van der Waals surface area contributed by atoms with Crippen molar-refractivity contribution in [3.8, 4) is 0 Å². The van der Waals surface area contributed by atoms with Gasteiger partial charge in [0.25, 0.3) is 0 Å². The minimum atomic E-state index is -0.489. The lowest BCUT2D eigenvalue weighted by Crippen LogP contribution is -2.27. The summed E-state index contributed by atoms with van der Waals surface area (Å²) in [4.78, 5) is 37.5. The molecule has 1 aliphatic rings. The van der Waals surface area contributed by atoms with E-state index < -0.39 is 5.97 Å². The van der Waals surface area contributed by atoms with E-state index in [9.17, 15) is 14.4 Å². The van der Waals surface area contributed by atoms with Gasteiger partial charge in [0.2, 0.25) is 5.91 Å². The average Bonchev–Trinajstić information content (AvgIpc) is 2.96. The van der Waals surface area contributed by atoms with Crippen molar-refractivity contribution >= 4 is 34.0 Å². The molecular weight excluding hydrogens is 362 g/mol. The Hall–Kier alpha value is -1.69. The van der Waals surface area contributed by atoms with Gasteiger partial charge in [-0.1, -0.05) is 26.2 Å². The second-order valence-electron chi connectivity index (χ2n) is 7.39. The molecule has 1 fully saturated rings. The molecule has 27 heavy (non-hydrogen) atoms. The molecule has 1 saturated carbocycles. The minimum Gasteiger partial charge on any atom is -0.462 e. The lowest BCUT2D eigenvalue weighted by molar-refractivity contribution is -0.121. The zero-order valence-corrected chi connectivity index (χ0v) is 17.7. The summed E-state index contributed by atoms with van der Waals surface area (Å²) in [6.45, 7) is 7.39. The van der Waals surface area contributed by atoms with Crippen LogP contribution in [0.25, 0.3) is 0 Å². The molecule has 1 heterocycles. The van der Waals surface area contributed by atoms with Gasteiger partial charge in [0.1, 0.15) is 5.00 Å². The van der Waals surface area contributed by atoms with E-state index >= 15 is 0 Å². The lowest BCUT2D eigenvalue weighted by atomic mass is 9.79. The van der Waals surface area contributed by atoms with E-state index in [1.165, 1.54) is 37.5 Å². The predicted octanol–water partition coefficient (Wildman–Crippen LogP) is 5.37. The van der Waals surface area contributed by atoms with Crippen LogP contribution in [0.4, 0.5) is 5.00 Å². The monoisotopic (exact) mass is 393 g/mol. The topological polar surface area (TPSA) is 72.5 Å². The Balaban J connectivity index is 2.10.